The molecule has 0 aliphatic rings. The fraction of sp³-hybridized carbons (Fsp3) is 0.143. The average molecular weight is 364 g/mol. The van der Waals surface area contributed by atoms with Crippen molar-refractivity contribution < 1.29 is 4.79 Å². The van der Waals surface area contributed by atoms with Crippen LogP contribution in [0.15, 0.2) is 60.8 Å². The minimum atomic E-state index is -0.168. The lowest BCUT2D eigenvalue weighted by molar-refractivity contribution is -0.116. The molecular weight excluding hydrogens is 346 g/mol. The molecule has 26 heavy (non-hydrogen) atoms. The summed E-state index contributed by atoms with van der Waals surface area (Å²) in [4.78, 5) is 12.1. The van der Waals surface area contributed by atoms with E-state index in [-0.39, 0.29) is 5.91 Å². The van der Waals surface area contributed by atoms with Gasteiger partial charge in [-0.1, -0.05) is 41.9 Å². The van der Waals surface area contributed by atoms with Crippen LogP contribution in [0.4, 0.5) is 0 Å². The number of nitriles is 1. The molecule has 1 N–H and O–H groups in total. The Balaban J connectivity index is 1.71. The molecular formula is C21H18ClN3O. The van der Waals surface area contributed by atoms with Crippen LogP contribution in [-0.2, 0) is 17.9 Å². The second-order valence-electron chi connectivity index (χ2n) is 5.88. The van der Waals surface area contributed by atoms with Crippen molar-refractivity contribution in [2.75, 3.05) is 0 Å². The number of para-hydroxylation sites is 1. The predicted molar refractivity (Wildman–Crippen MR) is 105 cm³/mol. The van der Waals surface area contributed by atoms with E-state index < -0.39 is 0 Å². The first kappa shape index (κ1) is 17.8. The van der Waals surface area contributed by atoms with E-state index in [0.29, 0.717) is 24.5 Å². The first-order valence-electron chi connectivity index (χ1n) is 8.32. The molecule has 0 aliphatic heterocycles. The Kier molecular flexibility index (Phi) is 5.73. The smallest absolute Gasteiger partial charge is 0.244 e. The second kappa shape index (κ2) is 8.37. The number of rotatable bonds is 6. The molecule has 0 bridgehead atoms. The largest absolute Gasteiger partial charge is 0.348 e. The second-order valence-corrected chi connectivity index (χ2v) is 6.32. The minimum Gasteiger partial charge on any atom is -0.348 e. The monoisotopic (exact) mass is 363 g/mol. The zero-order valence-corrected chi connectivity index (χ0v) is 14.9. The third kappa shape index (κ3) is 4.33. The Morgan fingerprint density at radius 1 is 1.23 bits per heavy atom. The number of benzene rings is 2. The van der Waals surface area contributed by atoms with Crippen molar-refractivity contribution in [2.24, 2.45) is 0 Å². The molecule has 0 aliphatic carbocycles. The van der Waals surface area contributed by atoms with E-state index in [0.717, 1.165) is 22.0 Å². The number of carbonyl (C=O) groups excluding carboxylic acids is 1. The maximum atomic E-state index is 12.1. The fourth-order valence-corrected chi connectivity index (χ4v) is 3.04. The highest BCUT2D eigenvalue weighted by Crippen LogP contribution is 2.22. The van der Waals surface area contributed by atoms with Crippen molar-refractivity contribution >= 4 is 34.5 Å². The number of hydrogen-bond donors (Lipinski definition) is 1. The van der Waals surface area contributed by atoms with Crippen LogP contribution in [0.1, 0.15) is 17.5 Å². The number of hydrogen-bond acceptors (Lipinski definition) is 2. The van der Waals surface area contributed by atoms with E-state index in [4.69, 9.17) is 16.9 Å². The molecule has 5 heteroatoms. The molecule has 1 aromatic heterocycles. The minimum absolute atomic E-state index is 0.168. The molecule has 3 aromatic rings. The number of aromatic nitrogens is 1. The molecule has 0 saturated heterocycles. The van der Waals surface area contributed by atoms with Crippen LogP contribution in [0.5, 0.6) is 0 Å². The zero-order valence-electron chi connectivity index (χ0n) is 14.2. The Hall–Kier alpha value is -3.03. The van der Waals surface area contributed by atoms with Gasteiger partial charge in [0.05, 0.1) is 12.5 Å². The highest BCUT2D eigenvalue weighted by molar-refractivity contribution is 6.30. The molecule has 0 fully saturated rings. The van der Waals surface area contributed by atoms with Crippen LogP contribution in [0, 0.1) is 11.3 Å². The summed E-state index contributed by atoms with van der Waals surface area (Å²) in [5.74, 6) is -0.168. The van der Waals surface area contributed by atoms with Crippen molar-refractivity contribution in [2.45, 2.75) is 19.5 Å². The van der Waals surface area contributed by atoms with Crippen LogP contribution < -0.4 is 5.32 Å². The molecule has 0 atom stereocenters. The third-order valence-electron chi connectivity index (χ3n) is 4.05. The lowest BCUT2D eigenvalue weighted by Gasteiger charge is -2.02. The first-order valence-corrected chi connectivity index (χ1v) is 8.70. The molecule has 2 aromatic carbocycles. The van der Waals surface area contributed by atoms with Crippen LogP contribution in [0.25, 0.3) is 17.0 Å². The molecule has 1 amide bonds. The summed E-state index contributed by atoms with van der Waals surface area (Å²) in [6.07, 6.45) is 5.75. The molecule has 0 radical (unpaired) electrons. The lowest BCUT2D eigenvalue weighted by Crippen LogP contribution is -2.20. The van der Waals surface area contributed by atoms with Gasteiger partial charge in [0.25, 0.3) is 0 Å². The van der Waals surface area contributed by atoms with E-state index in [9.17, 15) is 4.79 Å². The lowest BCUT2D eigenvalue weighted by atomic mass is 10.1. The van der Waals surface area contributed by atoms with E-state index in [2.05, 4.69) is 11.4 Å². The summed E-state index contributed by atoms with van der Waals surface area (Å²) in [6, 6.07) is 17.5. The van der Waals surface area contributed by atoms with Crippen LogP contribution in [0.3, 0.4) is 0 Å². The van der Waals surface area contributed by atoms with Gasteiger partial charge < -0.3 is 9.88 Å². The van der Waals surface area contributed by atoms with E-state index in [1.807, 2.05) is 53.2 Å². The number of nitrogens with zero attached hydrogens (tertiary/aromatic N) is 2. The quantitative estimate of drug-likeness (QED) is 0.654. The summed E-state index contributed by atoms with van der Waals surface area (Å²) in [7, 11) is 0. The van der Waals surface area contributed by atoms with E-state index in [1.54, 1.807) is 12.1 Å². The standard InChI is InChI=1S/C21H18ClN3O/c22-18-6-3-5-16(13-18)14-24-21(26)10-9-17-15-25(12-4-11-23)20-8-2-1-7-19(17)20/h1-3,5-10,13,15H,4,12,14H2,(H,24,26)/b10-9+. The maximum Gasteiger partial charge on any atom is 0.244 e. The topological polar surface area (TPSA) is 57.8 Å². The van der Waals surface area contributed by atoms with Gasteiger partial charge in [0.1, 0.15) is 0 Å². The van der Waals surface area contributed by atoms with Gasteiger partial charge in [-0.2, -0.15) is 5.26 Å². The number of aryl methyl sites for hydroxylation is 1. The Morgan fingerprint density at radius 3 is 2.88 bits per heavy atom. The highest BCUT2D eigenvalue weighted by atomic mass is 35.5. The molecule has 0 spiro atoms. The summed E-state index contributed by atoms with van der Waals surface area (Å²) >= 11 is 5.95. The zero-order chi connectivity index (χ0) is 18.4. The number of halogens is 1. The van der Waals surface area contributed by atoms with Gasteiger partial charge in [0.2, 0.25) is 5.91 Å². The average Bonchev–Trinajstić information content (AvgIpc) is 3.01. The maximum absolute atomic E-state index is 12.1. The van der Waals surface area contributed by atoms with Gasteiger partial charge in [-0.05, 0) is 29.8 Å². The first-order chi connectivity index (χ1) is 12.7. The van der Waals surface area contributed by atoms with Gasteiger partial charge in [-0.25, -0.2) is 0 Å². The van der Waals surface area contributed by atoms with Gasteiger partial charge in [-0.15, -0.1) is 0 Å². The Labute approximate surface area is 157 Å². The summed E-state index contributed by atoms with van der Waals surface area (Å²) in [5, 5.41) is 13.4. The number of fused-ring (bicyclic) bond motifs is 1. The van der Waals surface area contributed by atoms with Crippen molar-refractivity contribution in [3.63, 3.8) is 0 Å². The summed E-state index contributed by atoms with van der Waals surface area (Å²) in [6.45, 7) is 1.06. The van der Waals surface area contributed by atoms with Crippen LogP contribution in [0.2, 0.25) is 5.02 Å². The van der Waals surface area contributed by atoms with Crippen molar-refractivity contribution in [1.82, 2.24) is 9.88 Å². The van der Waals surface area contributed by atoms with Gasteiger partial charge >= 0.3 is 0 Å². The van der Waals surface area contributed by atoms with Gasteiger partial charge in [0.15, 0.2) is 0 Å². The van der Waals surface area contributed by atoms with Crippen LogP contribution in [-0.4, -0.2) is 10.5 Å². The number of carbonyl (C=O) groups is 1. The molecule has 0 unspecified atom stereocenters. The number of amides is 1. The third-order valence-corrected chi connectivity index (χ3v) is 4.29. The van der Waals surface area contributed by atoms with Gasteiger partial charge in [0, 0.05) is 46.9 Å². The van der Waals surface area contributed by atoms with Crippen molar-refractivity contribution in [1.29, 1.82) is 5.26 Å². The normalized spacial score (nSPS) is 10.9. The number of nitrogens with one attached hydrogen (secondary N) is 1. The molecule has 4 nitrogen and oxygen atoms in total. The predicted octanol–water partition coefficient (Wildman–Crippen LogP) is 4.54. The molecule has 0 saturated carbocycles. The Morgan fingerprint density at radius 2 is 2.08 bits per heavy atom. The van der Waals surface area contributed by atoms with Crippen molar-refractivity contribution in [3.8, 4) is 6.07 Å². The van der Waals surface area contributed by atoms with Crippen molar-refractivity contribution in [3.05, 3.63) is 77.0 Å². The SMILES string of the molecule is N#CCCn1cc(/C=C/C(=O)NCc2cccc(Cl)c2)c2ccccc21. The van der Waals surface area contributed by atoms with Gasteiger partial charge in [-0.3, -0.25) is 4.79 Å². The molecule has 130 valence electrons. The van der Waals surface area contributed by atoms with E-state index >= 15 is 0 Å². The highest BCUT2D eigenvalue weighted by Gasteiger charge is 2.06. The Bertz CT molecular complexity index is 998. The molecule has 1 heterocycles. The van der Waals surface area contributed by atoms with E-state index in [1.165, 1.54) is 6.08 Å². The molecule has 3 rings (SSSR count). The fourth-order valence-electron chi connectivity index (χ4n) is 2.82. The van der Waals surface area contributed by atoms with Crippen LogP contribution >= 0.6 is 11.6 Å². The summed E-state index contributed by atoms with van der Waals surface area (Å²) in [5.41, 5.74) is 2.96. The summed E-state index contributed by atoms with van der Waals surface area (Å²) < 4.78 is 2.04.